The highest BCUT2D eigenvalue weighted by Gasteiger charge is 2.34. The Bertz CT molecular complexity index is 1610. The first-order valence-corrected chi connectivity index (χ1v) is 12.7. The van der Waals surface area contributed by atoms with Crippen molar-refractivity contribution < 1.29 is 18.0 Å². The summed E-state index contributed by atoms with van der Waals surface area (Å²) in [5, 5.41) is 8.71. The van der Waals surface area contributed by atoms with E-state index < -0.39 is 17.2 Å². The molecule has 0 bridgehead atoms. The molecule has 9 heteroatoms. The Morgan fingerprint density at radius 3 is 2.59 bits per heavy atom. The first-order chi connectivity index (χ1) is 19.0. The standard InChI is InChI=1S/C30H25F2N5O2/c1-2-15-38-30(13-11-21(12-14-30)20-7-4-3-5-8-20)27-16-22(39-36-27)18-37-19-26-25(17-33-37)34-29(35-26)23-9-6-10-24(31)28(23)32/h3-14,16-17,19,21H,2,15,18H2,1H3. The highest BCUT2D eigenvalue weighted by atomic mass is 19.2. The number of fused-ring (bicyclic) bond motifs is 1. The number of imidazole rings is 1. The van der Waals surface area contributed by atoms with Crippen LogP contribution in [0.15, 0.2) is 95.8 Å². The minimum Gasteiger partial charge on any atom is -0.360 e. The second kappa shape index (κ2) is 10.3. The van der Waals surface area contributed by atoms with Crippen molar-refractivity contribution in [2.45, 2.75) is 31.4 Å². The molecule has 39 heavy (non-hydrogen) atoms. The van der Waals surface area contributed by atoms with Gasteiger partial charge in [0.25, 0.3) is 0 Å². The summed E-state index contributed by atoms with van der Waals surface area (Å²) in [7, 11) is 0. The predicted octanol–water partition coefficient (Wildman–Crippen LogP) is 6.29. The second-order valence-corrected chi connectivity index (χ2v) is 9.37. The van der Waals surface area contributed by atoms with E-state index in [1.807, 2.05) is 36.4 Å². The molecule has 0 radical (unpaired) electrons. The van der Waals surface area contributed by atoms with Crippen LogP contribution in [0.3, 0.4) is 0 Å². The van der Waals surface area contributed by atoms with Crippen LogP contribution in [0.25, 0.3) is 22.8 Å². The third-order valence-corrected chi connectivity index (χ3v) is 6.62. The Morgan fingerprint density at radius 1 is 1.00 bits per heavy atom. The van der Waals surface area contributed by atoms with Crippen molar-refractivity contribution in [3.8, 4) is 22.8 Å². The first-order valence-electron chi connectivity index (χ1n) is 12.7. The SMILES string of the molecule is CCCOC1(c2cc(Cn3cc4nc(-c5cccc(F)c5F)nc-4cn3)on2)C=CC(c2ccccc2)C=C1. The van der Waals surface area contributed by atoms with Crippen LogP contribution < -0.4 is 0 Å². The van der Waals surface area contributed by atoms with Crippen molar-refractivity contribution in [1.82, 2.24) is 24.9 Å². The maximum atomic E-state index is 14.2. The third-order valence-electron chi connectivity index (χ3n) is 6.62. The molecule has 0 saturated carbocycles. The Hall–Kier alpha value is -4.50. The maximum absolute atomic E-state index is 14.2. The van der Waals surface area contributed by atoms with Crippen molar-refractivity contribution in [3.63, 3.8) is 0 Å². The van der Waals surface area contributed by atoms with Gasteiger partial charge in [-0.1, -0.05) is 60.6 Å². The molecule has 196 valence electrons. The lowest BCUT2D eigenvalue weighted by Gasteiger charge is -2.29. The van der Waals surface area contributed by atoms with Gasteiger partial charge in [0, 0.05) is 18.6 Å². The van der Waals surface area contributed by atoms with Crippen LogP contribution >= 0.6 is 0 Å². The highest BCUT2D eigenvalue weighted by Crippen LogP contribution is 2.36. The number of rotatable bonds is 8. The summed E-state index contributed by atoms with van der Waals surface area (Å²) in [6.07, 6.45) is 12.4. The Kier molecular flexibility index (Phi) is 6.58. The number of allylic oxidation sites excluding steroid dienone is 2. The Labute approximate surface area is 223 Å². The van der Waals surface area contributed by atoms with Crippen LogP contribution in [0.1, 0.15) is 36.3 Å². The molecule has 3 aliphatic rings. The van der Waals surface area contributed by atoms with Gasteiger partial charge in [0.1, 0.15) is 29.2 Å². The summed E-state index contributed by atoms with van der Waals surface area (Å²) in [6.45, 7) is 2.90. The molecule has 6 rings (SSSR count). The summed E-state index contributed by atoms with van der Waals surface area (Å²) in [5.41, 5.74) is 1.98. The van der Waals surface area contributed by atoms with Gasteiger partial charge in [-0.05, 0) is 36.3 Å². The summed E-state index contributed by atoms with van der Waals surface area (Å²) in [4.78, 5) is 8.68. The molecule has 1 aliphatic carbocycles. The second-order valence-electron chi connectivity index (χ2n) is 9.37. The van der Waals surface area contributed by atoms with E-state index in [1.54, 1.807) is 10.9 Å². The van der Waals surface area contributed by atoms with Crippen LogP contribution in [-0.4, -0.2) is 31.5 Å². The van der Waals surface area contributed by atoms with E-state index >= 15 is 0 Å². The minimum atomic E-state index is -0.983. The fourth-order valence-corrected chi connectivity index (χ4v) is 4.60. The highest BCUT2D eigenvalue weighted by molar-refractivity contribution is 5.65. The molecule has 7 nitrogen and oxygen atoms in total. The van der Waals surface area contributed by atoms with Gasteiger partial charge in [-0.25, -0.2) is 18.7 Å². The molecule has 0 amide bonds. The number of nitrogens with zero attached hydrogens (tertiary/aromatic N) is 5. The van der Waals surface area contributed by atoms with E-state index in [2.05, 4.69) is 51.4 Å². The van der Waals surface area contributed by atoms with E-state index in [-0.39, 0.29) is 23.9 Å². The average molecular weight is 526 g/mol. The summed E-state index contributed by atoms with van der Waals surface area (Å²) in [5.74, 6) is -1.11. The zero-order chi connectivity index (χ0) is 26.8. The molecule has 0 spiro atoms. The van der Waals surface area contributed by atoms with Crippen molar-refractivity contribution in [2.24, 2.45) is 0 Å². The van der Waals surface area contributed by atoms with Crippen molar-refractivity contribution in [2.75, 3.05) is 6.61 Å². The van der Waals surface area contributed by atoms with E-state index in [9.17, 15) is 8.78 Å². The van der Waals surface area contributed by atoms with Gasteiger partial charge in [0.05, 0.1) is 18.0 Å². The molecule has 0 N–H and O–H groups in total. The fraction of sp³-hybridized carbons (Fsp3) is 0.200. The lowest BCUT2D eigenvalue weighted by Crippen LogP contribution is -2.28. The molecule has 0 unspecified atom stereocenters. The molecule has 2 aliphatic heterocycles. The molecule has 0 fully saturated rings. The Morgan fingerprint density at radius 2 is 1.79 bits per heavy atom. The van der Waals surface area contributed by atoms with Crippen molar-refractivity contribution in [3.05, 3.63) is 120 Å². The zero-order valence-electron chi connectivity index (χ0n) is 21.2. The number of benzene rings is 2. The normalized spacial score (nSPS) is 18.7. The van der Waals surface area contributed by atoms with Crippen molar-refractivity contribution >= 4 is 0 Å². The molecule has 3 aromatic rings. The third kappa shape index (κ3) is 4.88. The zero-order valence-corrected chi connectivity index (χ0v) is 21.2. The van der Waals surface area contributed by atoms with Crippen LogP contribution in [0.5, 0.6) is 0 Å². The summed E-state index contributed by atoms with van der Waals surface area (Å²) in [6, 6.07) is 16.0. The van der Waals surface area contributed by atoms with Gasteiger partial charge in [-0.2, -0.15) is 5.10 Å². The molecule has 2 aromatic carbocycles. The number of aromatic nitrogens is 5. The summed E-state index contributed by atoms with van der Waals surface area (Å²) >= 11 is 0. The topological polar surface area (TPSA) is 78.9 Å². The number of hydrogen-bond acceptors (Lipinski definition) is 6. The van der Waals surface area contributed by atoms with Gasteiger partial charge in [0.15, 0.2) is 23.2 Å². The van der Waals surface area contributed by atoms with E-state index in [0.717, 1.165) is 12.5 Å². The molecular weight excluding hydrogens is 500 g/mol. The summed E-state index contributed by atoms with van der Waals surface area (Å²) < 4.78 is 41.5. The quantitative estimate of drug-likeness (QED) is 0.222. The predicted molar refractivity (Wildman–Crippen MR) is 141 cm³/mol. The largest absolute Gasteiger partial charge is 0.360 e. The molecule has 0 atom stereocenters. The van der Waals surface area contributed by atoms with Crippen LogP contribution in [0, 0.1) is 11.6 Å². The van der Waals surface area contributed by atoms with Crippen molar-refractivity contribution in [1.29, 1.82) is 0 Å². The van der Waals surface area contributed by atoms with Crippen LogP contribution in [0.4, 0.5) is 8.78 Å². The van der Waals surface area contributed by atoms with E-state index in [0.29, 0.717) is 29.4 Å². The Balaban J connectivity index is 1.24. The van der Waals surface area contributed by atoms with Gasteiger partial charge in [0.2, 0.25) is 0 Å². The molecule has 3 heterocycles. The van der Waals surface area contributed by atoms with E-state index in [4.69, 9.17) is 9.26 Å². The number of halogens is 2. The molecule has 1 aromatic heterocycles. The van der Waals surface area contributed by atoms with Gasteiger partial charge in [-0.3, -0.25) is 4.68 Å². The molecular formula is C30H25F2N5O2. The number of ether oxygens (including phenoxy) is 1. The fourth-order valence-electron chi connectivity index (χ4n) is 4.60. The van der Waals surface area contributed by atoms with Gasteiger partial charge in [-0.15, -0.1) is 0 Å². The molecule has 0 saturated heterocycles. The van der Waals surface area contributed by atoms with Crippen LogP contribution in [0.2, 0.25) is 0 Å². The van der Waals surface area contributed by atoms with E-state index in [1.165, 1.54) is 23.9 Å². The van der Waals surface area contributed by atoms with Crippen LogP contribution in [-0.2, 0) is 16.9 Å². The first kappa shape index (κ1) is 24.8. The monoisotopic (exact) mass is 525 g/mol. The smallest absolute Gasteiger partial charge is 0.169 e. The van der Waals surface area contributed by atoms with Gasteiger partial charge >= 0.3 is 0 Å². The lowest BCUT2D eigenvalue weighted by molar-refractivity contribution is 0.0186. The number of hydrogen-bond donors (Lipinski definition) is 0. The van der Waals surface area contributed by atoms with Gasteiger partial charge < -0.3 is 9.26 Å². The average Bonchev–Trinajstić information content (AvgIpc) is 3.61. The lowest BCUT2D eigenvalue weighted by atomic mass is 9.86. The minimum absolute atomic E-state index is 0.00176. The maximum Gasteiger partial charge on any atom is 0.169 e.